The predicted octanol–water partition coefficient (Wildman–Crippen LogP) is 3.02. The summed E-state index contributed by atoms with van der Waals surface area (Å²) in [6.07, 6.45) is 0. The molecule has 0 N–H and O–H groups in total. The molecule has 0 aliphatic carbocycles. The van der Waals surface area contributed by atoms with E-state index < -0.39 is 35.0 Å². The molecule has 0 bridgehead atoms. The first-order valence-electron chi connectivity index (χ1n) is 6.86. The summed E-state index contributed by atoms with van der Waals surface area (Å²) < 4.78 is 25.9. The molecule has 0 saturated heterocycles. The smallest absolute Gasteiger partial charge is 0.221 e. The average molecular weight is 324 g/mol. The van der Waals surface area contributed by atoms with Gasteiger partial charge in [0.25, 0.3) is 0 Å². The number of ketones is 2. The van der Waals surface area contributed by atoms with E-state index in [1.165, 1.54) is 24.3 Å². The Morgan fingerprint density at radius 3 is 1.25 bits per heavy atom. The van der Waals surface area contributed by atoms with Crippen LogP contribution in [0, 0.1) is 34.3 Å². The number of carbonyl (C=O) groups is 2. The second kappa shape index (κ2) is 7.26. The van der Waals surface area contributed by atoms with Gasteiger partial charge in [-0.1, -0.05) is 24.3 Å². The van der Waals surface area contributed by atoms with Crippen molar-refractivity contribution in [3.8, 4) is 12.1 Å². The fourth-order valence-corrected chi connectivity index (χ4v) is 2.16. The largest absolute Gasteiger partial charge is 0.289 e. The zero-order valence-electron chi connectivity index (χ0n) is 12.2. The fourth-order valence-electron chi connectivity index (χ4n) is 2.16. The minimum atomic E-state index is -1.44. The van der Waals surface area contributed by atoms with E-state index in [9.17, 15) is 28.9 Å². The van der Waals surface area contributed by atoms with E-state index in [2.05, 4.69) is 0 Å². The van der Waals surface area contributed by atoms with E-state index in [4.69, 9.17) is 0 Å². The van der Waals surface area contributed by atoms with Crippen molar-refractivity contribution in [1.29, 1.82) is 10.5 Å². The van der Waals surface area contributed by atoms with Gasteiger partial charge in [-0.25, -0.2) is 8.78 Å². The molecule has 2 rings (SSSR count). The van der Waals surface area contributed by atoms with Crippen LogP contribution in [0.15, 0.2) is 48.5 Å². The average Bonchev–Trinajstić information content (AvgIpc) is 2.59. The van der Waals surface area contributed by atoms with Gasteiger partial charge in [0.15, 0.2) is 0 Å². The second-order valence-corrected chi connectivity index (χ2v) is 4.96. The highest BCUT2D eigenvalue weighted by Crippen LogP contribution is 2.23. The molecule has 0 aromatic heterocycles. The third-order valence-electron chi connectivity index (χ3n) is 3.43. The molecule has 2 aromatic carbocycles. The van der Waals surface area contributed by atoms with Crippen molar-refractivity contribution in [1.82, 2.24) is 0 Å². The van der Waals surface area contributed by atoms with Crippen LogP contribution in [-0.4, -0.2) is 11.6 Å². The maximum Gasteiger partial charge on any atom is 0.221 e. The van der Waals surface area contributed by atoms with Gasteiger partial charge in [0.05, 0.1) is 12.1 Å². The van der Waals surface area contributed by atoms with E-state index in [1.54, 1.807) is 12.1 Å². The lowest BCUT2D eigenvalue weighted by Crippen LogP contribution is -2.26. The predicted molar refractivity (Wildman–Crippen MR) is 79.5 cm³/mol. The SMILES string of the molecule is N#CC(C(=O)C(=O)C(C#N)c1ccc(F)cc1)c1ccc(F)cc1. The number of halogens is 2. The Morgan fingerprint density at radius 1 is 0.708 bits per heavy atom. The molecule has 0 aliphatic heterocycles. The molecule has 0 saturated carbocycles. The topological polar surface area (TPSA) is 81.7 Å². The number of hydrogen-bond donors (Lipinski definition) is 0. The van der Waals surface area contributed by atoms with Crippen LogP contribution in [0.2, 0.25) is 0 Å². The molecule has 0 spiro atoms. The molecule has 0 amide bonds. The number of hydrogen-bond acceptors (Lipinski definition) is 4. The van der Waals surface area contributed by atoms with E-state index in [0.717, 1.165) is 24.3 Å². The summed E-state index contributed by atoms with van der Waals surface area (Å²) in [6, 6.07) is 12.6. The van der Waals surface area contributed by atoms with Crippen LogP contribution >= 0.6 is 0 Å². The van der Waals surface area contributed by atoms with Crippen molar-refractivity contribution in [2.75, 3.05) is 0 Å². The van der Waals surface area contributed by atoms with Crippen LogP contribution in [0.4, 0.5) is 8.78 Å². The summed E-state index contributed by atoms with van der Waals surface area (Å²) >= 11 is 0. The minimum absolute atomic E-state index is 0.160. The van der Waals surface area contributed by atoms with Gasteiger partial charge in [-0.05, 0) is 35.4 Å². The Hall–Kier alpha value is -3.38. The normalized spacial score (nSPS) is 12.5. The Morgan fingerprint density at radius 2 is 1.00 bits per heavy atom. The third-order valence-corrected chi connectivity index (χ3v) is 3.43. The van der Waals surface area contributed by atoms with Crippen LogP contribution in [0.25, 0.3) is 0 Å². The lowest BCUT2D eigenvalue weighted by molar-refractivity contribution is -0.137. The van der Waals surface area contributed by atoms with Crippen molar-refractivity contribution in [2.45, 2.75) is 11.8 Å². The van der Waals surface area contributed by atoms with Gasteiger partial charge in [-0.3, -0.25) is 9.59 Å². The van der Waals surface area contributed by atoms with Gasteiger partial charge in [-0.15, -0.1) is 0 Å². The Labute approximate surface area is 136 Å². The number of carbonyl (C=O) groups excluding carboxylic acids is 2. The molecular weight excluding hydrogens is 314 g/mol. The lowest BCUT2D eigenvalue weighted by Gasteiger charge is -2.11. The van der Waals surface area contributed by atoms with Gasteiger partial charge < -0.3 is 0 Å². The van der Waals surface area contributed by atoms with Crippen LogP contribution in [0.5, 0.6) is 0 Å². The van der Waals surface area contributed by atoms with Crippen LogP contribution in [0.1, 0.15) is 23.0 Å². The summed E-state index contributed by atoms with van der Waals surface area (Å²) in [7, 11) is 0. The minimum Gasteiger partial charge on any atom is -0.289 e. The highest BCUT2D eigenvalue weighted by molar-refractivity contribution is 6.42. The summed E-state index contributed by atoms with van der Waals surface area (Å²) in [5, 5.41) is 18.4. The molecule has 6 heteroatoms. The van der Waals surface area contributed by atoms with Crippen LogP contribution in [0.3, 0.4) is 0 Å². The zero-order valence-corrected chi connectivity index (χ0v) is 12.2. The van der Waals surface area contributed by atoms with Gasteiger partial charge in [0, 0.05) is 0 Å². The van der Waals surface area contributed by atoms with Gasteiger partial charge in [0.1, 0.15) is 23.5 Å². The van der Waals surface area contributed by atoms with Crippen LogP contribution in [-0.2, 0) is 9.59 Å². The van der Waals surface area contributed by atoms with Gasteiger partial charge >= 0.3 is 0 Å². The molecule has 0 fully saturated rings. The van der Waals surface area contributed by atoms with Crippen LogP contribution < -0.4 is 0 Å². The highest BCUT2D eigenvalue weighted by atomic mass is 19.1. The summed E-state index contributed by atoms with van der Waals surface area (Å²) in [5.41, 5.74) is 0.320. The van der Waals surface area contributed by atoms with Crippen molar-refractivity contribution in [3.63, 3.8) is 0 Å². The first kappa shape index (κ1) is 17.0. The molecule has 0 heterocycles. The number of benzene rings is 2. The Kier molecular flexibility index (Phi) is 5.13. The third kappa shape index (κ3) is 3.50. The van der Waals surface area contributed by atoms with E-state index >= 15 is 0 Å². The second-order valence-electron chi connectivity index (χ2n) is 4.96. The van der Waals surface area contributed by atoms with E-state index in [-0.39, 0.29) is 11.1 Å². The number of rotatable bonds is 5. The van der Waals surface area contributed by atoms with Gasteiger partial charge in [0.2, 0.25) is 11.6 Å². The first-order chi connectivity index (χ1) is 11.5. The molecule has 0 radical (unpaired) electrons. The van der Waals surface area contributed by atoms with Gasteiger partial charge in [-0.2, -0.15) is 10.5 Å². The molecular formula is C18H10F2N2O2. The molecule has 24 heavy (non-hydrogen) atoms. The number of nitrogens with zero attached hydrogens (tertiary/aromatic N) is 2. The Balaban J connectivity index is 2.30. The summed E-state index contributed by atoms with van der Waals surface area (Å²) in [4.78, 5) is 24.6. The molecule has 4 nitrogen and oxygen atoms in total. The van der Waals surface area contributed by atoms with E-state index in [1.807, 2.05) is 0 Å². The highest BCUT2D eigenvalue weighted by Gasteiger charge is 2.33. The molecule has 2 unspecified atom stereocenters. The monoisotopic (exact) mass is 324 g/mol. The lowest BCUT2D eigenvalue weighted by atomic mass is 9.86. The summed E-state index contributed by atoms with van der Waals surface area (Å²) in [5.74, 6) is -6.10. The zero-order chi connectivity index (χ0) is 17.7. The fraction of sp³-hybridized carbons (Fsp3) is 0.111. The quantitative estimate of drug-likeness (QED) is 0.792. The maximum atomic E-state index is 12.9. The van der Waals surface area contributed by atoms with Crippen molar-refractivity contribution in [2.24, 2.45) is 0 Å². The molecule has 0 aliphatic rings. The number of Topliss-reactive ketones (excluding diaryl/α,β-unsaturated/α-hetero) is 2. The number of nitriles is 2. The summed E-state index contributed by atoms with van der Waals surface area (Å²) in [6.45, 7) is 0. The molecule has 2 atom stereocenters. The van der Waals surface area contributed by atoms with E-state index in [0.29, 0.717) is 0 Å². The standard InChI is InChI=1S/C18H10F2N2O2/c19-13-5-1-11(2-6-13)15(9-21)17(23)18(24)16(10-22)12-3-7-14(20)8-4-12/h1-8,15-16H. The molecule has 118 valence electrons. The first-order valence-corrected chi connectivity index (χ1v) is 6.86. The van der Waals surface area contributed by atoms with Crippen molar-refractivity contribution < 1.29 is 18.4 Å². The van der Waals surface area contributed by atoms with Crippen molar-refractivity contribution >= 4 is 11.6 Å². The molecule has 2 aromatic rings. The maximum absolute atomic E-state index is 12.9. The van der Waals surface area contributed by atoms with Crippen molar-refractivity contribution in [3.05, 3.63) is 71.3 Å². The Bertz CT molecular complexity index is 773.